The Morgan fingerprint density at radius 1 is 0.909 bits per heavy atom. The van der Waals surface area contributed by atoms with Crippen LogP contribution in [0.1, 0.15) is 39.5 Å². The van der Waals surface area contributed by atoms with Crippen molar-refractivity contribution >= 4 is 11.9 Å². The van der Waals surface area contributed by atoms with Gasteiger partial charge in [-0.15, -0.1) is 0 Å². The van der Waals surface area contributed by atoms with Gasteiger partial charge in [0.25, 0.3) is 0 Å². The predicted molar refractivity (Wildman–Crippen MR) is 66.9 cm³/mol. The Labute approximate surface area is 128 Å². The zero-order valence-electron chi connectivity index (χ0n) is 12.7. The summed E-state index contributed by atoms with van der Waals surface area (Å²) in [5.74, 6) is -4.30. The molecule has 2 saturated heterocycles. The molecule has 126 valence electrons. The lowest BCUT2D eigenvalue weighted by Gasteiger charge is -2.26. The van der Waals surface area contributed by atoms with Crippen molar-refractivity contribution in [3.63, 3.8) is 0 Å². The van der Waals surface area contributed by atoms with E-state index in [0.29, 0.717) is 0 Å². The summed E-state index contributed by atoms with van der Waals surface area (Å²) in [6, 6.07) is 0. The van der Waals surface area contributed by atoms with Gasteiger partial charge in [-0.1, -0.05) is 0 Å². The highest BCUT2D eigenvalue weighted by Gasteiger charge is 2.47. The highest BCUT2D eigenvalue weighted by Crippen LogP contribution is 2.35. The van der Waals surface area contributed by atoms with E-state index >= 15 is 0 Å². The van der Waals surface area contributed by atoms with Crippen molar-refractivity contribution in [3.05, 3.63) is 0 Å². The Kier molecular flexibility index (Phi) is 5.06. The molecule has 0 N–H and O–H groups in total. The van der Waals surface area contributed by atoms with Crippen LogP contribution in [0.4, 0.5) is 0 Å². The first-order valence-corrected chi connectivity index (χ1v) is 7.25. The summed E-state index contributed by atoms with van der Waals surface area (Å²) in [7, 11) is 0. The van der Waals surface area contributed by atoms with Crippen molar-refractivity contribution in [1.82, 2.24) is 0 Å². The van der Waals surface area contributed by atoms with E-state index in [1.807, 2.05) is 0 Å². The molecule has 0 spiro atoms. The molecule has 22 heavy (non-hydrogen) atoms. The van der Waals surface area contributed by atoms with E-state index in [4.69, 9.17) is 18.9 Å². The maximum atomic E-state index is 10.5. The molecular formula is C14H20O8-2. The van der Waals surface area contributed by atoms with Gasteiger partial charge in [0.1, 0.15) is 12.2 Å². The molecule has 0 amide bonds. The third-order valence-electron chi connectivity index (χ3n) is 3.89. The average molecular weight is 316 g/mol. The SMILES string of the molecule is CC1(CCC(=O)[O-])OCC(C2COC(C)(CCC(=O)[O-])O2)O1. The molecule has 4 atom stereocenters. The van der Waals surface area contributed by atoms with Gasteiger partial charge < -0.3 is 38.7 Å². The maximum Gasteiger partial charge on any atom is 0.166 e. The number of hydrogen-bond acceptors (Lipinski definition) is 8. The molecule has 2 rings (SSSR count). The minimum absolute atomic E-state index is 0.158. The zero-order valence-corrected chi connectivity index (χ0v) is 12.7. The molecule has 0 radical (unpaired) electrons. The first-order chi connectivity index (χ1) is 10.2. The topological polar surface area (TPSA) is 117 Å². The summed E-state index contributed by atoms with van der Waals surface area (Å²) >= 11 is 0. The molecule has 0 aromatic heterocycles. The number of ether oxygens (including phenoxy) is 4. The lowest BCUT2D eigenvalue weighted by atomic mass is 10.1. The average Bonchev–Trinajstić information content (AvgIpc) is 3.00. The number of hydrogen-bond donors (Lipinski definition) is 0. The van der Waals surface area contributed by atoms with Gasteiger partial charge in [0.05, 0.1) is 13.2 Å². The normalized spacial score (nSPS) is 38.3. The summed E-state index contributed by atoms with van der Waals surface area (Å²) in [4.78, 5) is 21.1. The molecule has 2 aliphatic heterocycles. The van der Waals surface area contributed by atoms with Crippen LogP contribution >= 0.6 is 0 Å². The van der Waals surface area contributed by atoms with E-state index in [9.17, 15) is 19.8 Å². The fourth-order valence-corrected chi connectivity index (χ4v) is 2.58. The van der Waals surface area contributed by atoms with Crippen LogP contribution in [0.25, 0.3) is 0 Å². The number of aliphatic carboxylic acids is 2. The van der Waals surface area contributed by atoms with E-state index in [2.05, 4.69) is 0 Å². The van der Waals surface area contributed by atoms with Crippen LogP contribution in [-0.2, 0) is 28.5 Å². The summed E-state index contributed by atoms with van der Waals surface area (Å²) in [6.45, 7) is 3.85. The molecule has 4 unspecified atom stereocenters. The number of carbonyl (C=O) groups is 2. The van der Waals surface area contributed by atoms with Gasteiger partial charge in [0, 0.05) is 24.8 Å². The van der Waals surface area contributed by atoms with Gasteiger partial charge in [0.2, 0.25) is 0 Å². The smallest absolute Gasteiger partial charge is 0.166 e. The first kappa shape index (κ1) is 17.1. The van der Waals surface area contributed by atoms with Gasteiger partial charge >= 0.3 is 0 Å². The second kappa shape index (κ2) is 6.49. The highest BCUT2D eigenvalue weighted by atomic mass is 16.8. The van der Waals surface area contributed by atoms with Crippen molar-refractivity contribution in [2.24, 2.45) is 0 Å². The van der Waals surface area contributed by atoms with Crippen molar-refractivity contribution in [2.75, 3.05) is 13.2 Å². The Hall–Kier alpha value is -1.22. The van der Waals surface area contributed by atoms with Crippen molar-refractivity contribution in [2.45, 2.75) is 63.3 Å². The standard InChI is InChI=1S/C14H22O8/c1-13(5-3-11(15)16)19-7-9(21-13)10-8-20-14(2,22-10)6-4-12(17)18/h9-10H,3-8H2,1-2H3,(H,15,16)(H,17,18)/p-2. The van der Waals surface area contributed by atoms with Crippen LogP contribution in [0.2, 0.25) is 0 Å². The van der Waals surface area contributed by atoms with Gasteiger partial charge in [0.15, 0.2) is 11.6 Å². The molecule has 2 aliphatic rings. The van der Waals surface area contributed by atoms with Crippen LogP contribution in [0, 0.1) is 0 Å². The molecule has 2 fully saturated rings. The third kappa shape index (κ3) is 4.39. The largest absolute Gasteiger partial charge is 0.550 e. The molecule has 2 heterocycles. The van der Waals surface area contributed by atoms with E-state index in [1.54, 1.807) is 13.8 Å². The van der Waals surface area contributed by atoms with Crippen LogP contribution in [0.15, 0.2) is 0 Å². The molecule has 0 bridgehead atoms. The Bertz CT molecular complexity index is 399. The summed E-state index contributed by atoms with van der Waals surface area (Å²) in [5, 5.41) is 21.1. The van der Waals surface area contributed by atoms with Crippen LogP contribution in [0.5, 0.6) is 0 Å². The number of rotatable bonds is 7. The third-order valence-corrected chi connectivity index (χ3v) is 3.89. The Balaban J connectivity index is 1.84. The van der Waals surface area contributed by atoms with Gasteiger partial charge in [-0.2, -0.15) is 0 Å². The van der Waals surface area contributed by atoms with Crippen molar-refractivity contribution < 1.29 is 38.7 Å². The molecule has 8 heteroatoms. The van der Waals surface area contributed by atoms with Gasteiger partial charge in [-0.25, -0.2) is 0 Å². The van der Waals surface area contributed by atoms with Crippen molar-refractivity contribution in [1.29, 1.82) is 0 Å². The quantitative estimate of drug-likeness (QED) is 0.546. The summed E-state index contributed by atoms with van der Waals surface area (Å²) < 4.78 is 22.6. The second-order valence-electron chi connectivity index (χ2n) is 5.95. The number of carboxylic acids is 2. The van der Waals surface area contributed by atoms with Gasteiger partial charge in [-0.3, -0.25) is 0 Å². The lowest BCUT2D eigenvalue weighted by Crippen LogP contribution is -2.37. The zero-order chi connectivity index (χ0) is 16.4. The van der Waals surface area contributed by atoms with Crippen molar-refractivity contribution in [3.8, 4) is 0 Å². The predicted octanol–water partition coefficient (Wildman–Crippen LogP) is -1.69. The lowest BCUT2D eigenvalue weighted by molar-refractivity contribution is -0.309. The van der Waals surface area contributed by atoms with Crippen LogP contribution in [-0.4, -0.2) is 48.9 Å². The molecule has 0 saturated carbocycles. The highest BCUT2D eigenvalue weighted by molar-refractivity contribution is 5.64. The van der Waals surface area contributed by atoms with E-state index in [-0.39, 0.29) is 38.9 Å². The summed E-state index contributed by atoms with van der Waals surface area (Å²) in [5.41, 5.74) is 0. The number of carboxylic acid groups (broad SMARTS) is 2. The maximum absolute atomic E-state index is 10.5. The molecule has 0 aliphatic carbocycles. The van der Waals surface area contributed by atoms with E-state index < -0.39 is 35.7 Å². The minimum atomic E-state index is -1.16. The second-order valence-corrected chi connectivity index (χ2v) is 5.95. The molecular weight excluding hydrogens is 296 g/mol. The Morgan fingerprint density at radius 3 is 1.59 bits per heavy atom. The van der Waals surface area contributed by atoms with E-state index in [0.717, 1.165) is 0 Å². The van der Waals surface area contributed by atoms with Crippen LogP contribution < -0.4 is 10.2 Å². The molecule has 8 nitrogen and oxygen atoms in total. The molecule has 0 aromatic rings. The molecule has 0 aromatic carbocycles. The van der Waals surface area contributed by atoms with E-state index in [1.165, 1.54) is 0 Å². The van der Waals surface area contributed by atoms with Gasteiger partial charge in [-0.05, 0) is 26.7 Å². The first-order valence-electron chi connectivity index (χ1n) is 7.25. The minimum Gasteiger partial charge on any atom is -0.550 e. The van der Waals surface area contributed by atoms with Crippen LogP contribution in [0.3, 0.4) is 0 Å². The monoisotopic (exact) mass is 316 g/mol. The summed E-state index contributed by atoms with van der Waals surface area (Å²) in [6.07, 6.45) is -0.737. The fourth-order valence-electron chi connectivity index (χ4n) is 2.58. The Morgan fingerprint density at radius 2 is 1.27 bits per heavy atom. The number of carbonyl (C=O) groups excluding carboxylic acids is 2. The fraction of sp³-hybridized carbons (Fsp3) is 0.857.